The van der Waals surface area contributed by atoms with Crippen molar-refractivity contribution in [3.8, 4) is 5.75 Å². The molecule has 176 valence electrons. The fourth-order valence-corrected chi connectivity index (χ4v) is 4.51. The van der Waals surface area contributed by atoms with Crippen LogP contribution in [-0.4, -0.2) is 33.3 Å². The minimum absolute atomic E-state index is 0.0381. The third-order valence-electron chi connectivity index (χ3n) is 6.16. The molecule has 1 heterocycles. The van der Waals surface area contributed by atoms with Crippen molar-refractivity contribution in [3.05, 3.63) is 96.1 Å². The number of anilines is 1. The Morgan fingerprint density at radius 3 is 1.88 bits per heavy atom. The SMILES string of the molecule is COC(=O)C1(C(=O)OC)CC(c2ccccc2)ON(c2ccccc2)C1c1ccc(OC)cc1. The summed E-state index contributed by atoms with van der Waals surface area (Å²) in [6, 6.07) is 25.2. The Morgan fingerprint density at radius 2 is 1.35 bits per heavy atom. The average Bonchev–Trinajstić information content (AvgIpc) is 2.92. The molecular formula is C27H27NO6. The number of nitrogens with zero attached hydrogens (tertiary/aromatic N) is 1. The summed E-state index contributed by atoms with van der Waals surface area (Å²) < 4.78 is 15.8. The van der Waals surface area contributed by atoms with E-state index in [-0.39, 0.29) is 6.42 Å². The molecule has 1 aliphatic heterocycles. The smallest absolute Gasteiger partial charge is 0.325 e. The molecule has 7 heteroatoms. The van der Waals surface area contributed by atoms with Gasteiger partial charge in [0.2, 0.25) is 0 Å². The highest BCUT2D eigenvalue weighted by atomic mass is 16.7. The predicted molar refractivity (Wildman–Crippen MR) is 126 cm³/mol. The van der Waals surface area contributed by atoms with Crippen LogP contribution < -0.4 is 9.80 Å². The van der Waals surface area contributed by atoms with Crippen molar-refractivity contribution in [2.45, 2.75) is 18.6 Å². The lowest BCUT2D eigenvalue weighted by Crippen LogP contribution is -2.56. The van der Waals surface area contributed by atoms with E-state index in [1.54, 1.807) is 24.3 Å². The molecule has 7 nitrogen and oxygen atoms in total. The number of methoxy groups -OCH3 is 3. The summed E-state index contributed by atoms with van der Waals surface area (Å²) in [7, 11) is 4.13. The Morgan fingerprint density at radius 1 is 0.794 bits per heavy atom. The molecule has 3 aromatic rings. The summed E-state index contributed by atoms with van der Waals surface area (Å²) in [6.07, 6.45) is -0.565. The van der Waals surface area contributed by atoms with Crippen molar-refractivity contribution in [2.75, 3.05) is 26.4 Å². The Balaban J connectivity index is 1.96. The molecule has 1 saturated heterocycles. The van der Waals surface area contributed by atoms with Crippen molar-refractivity contribution in [1.29, 1.82) is 0 Å². The van der Waals surface area contributed by atoms with E-state index < -0.39 is 29.5 Å². The number of carbonyl (C=O) groups is 2. The van der Waals surface area contributed by atoms with E-state index in [0.29, 0.717) is 17.0 Å². The molecule has 0 amide bonds. The second kappa shape index (κ2) is 9.97. The van der Waals surface area contributed by atoms with E-state index >= 15 is 0 Å². The largest absolute Gasteiger partial charge is 0.497 e. The first-order valence-corrected chi connectivity index (χ1v) is 10.9. The van der Waals surface area contributed by atoms with E-state index in [4.69, 9.17) is 19.0 Å². The highest BCUT2D eigenvalue weighted by Gasteiger charge is 2.62. The fraction of sp³-hybridized carbons (Fsp3) is 0.259. The molecule has 1 aliphatic rings. The molecule has 0 radical (unpaired) electrons. The van der Waals surface area contributed by atoms with E-state index in [2.05, 4.69) is 0 Å². The maximum Gasteiger partial charge on any atom is 0.325 e. The van der Waals surface area contributed by atoms with Crippen LogP contribution in [0.1, 0.15) is 29.7 Å². The van der Waals surface area contributed by atoms with E-state index in [1.807, 2.05) is 72.8 Å². The van der Waals surface area contributed by atoms with Crippen LogP contribution in [0.3, 0.4) is 0 Å². The molecule has 1 fully saturated rings. The predicted octanol–water partition coefficient (Wildman–Crippen LogP) is 4.65. The highest BCUT2D eigenvalue weighted by molar-refractivity contribution is 6.02. The molecule has 0 saturated carbocycles. The number of para-hydroxylation sites is 1. The average molecular weight is 462 g/mol. The molecule has 2 unspecified atom stereocenters. The molecular weight excluding hydrogens is 434 g/mol. The normalized spacial score (nSPS) is 19.2. The van der Waals surface area contributed by atoms with Gasteiger partial charge in [-0.2, -0.15) is 0 Å². The van der Waals surface area contributed by atoms with Crippen LogP contribution in [-0.2, 0) is 23.9 Å². The minimum Gasteiger partial charge on any atom is -0.497 e. The Labute approximate surface area is 198 Å². The van der Waals surface area contributed by atoms with Crippen LogP contribution in [0.2, 0.25) is 0 Å². The number of hydroxylamine groups is 1. The van der Waals surface area contributed by atoms with Gasteiger partial charge in [0.25, 0.3) is 0 Å². The molecule has 0 bridgehead atoms. The minimum atomic E-state index is -1.70. The lowest BCUT2D eigenvalue weighted by molar-refractivity contribution is -0.186. The quantitative estimate of drug-likeness (QED) is 0.391. The molecule has 34 heavy (non-hydrogen) atoms. The molecule has 0 aliphatic carbocycles. The third-order valence-corrected chi connectivity index (χ3v) is 6.16. The second-order valence-corrected chi connectivity index (χ2v) is 8.00. The van der Waals surface area contributed by atoms with Gasteiger partial charge in [-0.3, -0.25) is 14.4 Å². The molecule has 3 aromatic carbocycles. The van der Waals surface area contributed by atoms with Crippen LogP contribution in [0.15, 0.2) is 84.9 Å². The lowest BCUT2D eigenvalue weighted by atomic mass is 9.70. The van der Waals surface area contributed by atoms with Crippen LogP contribution in [0.5, 0.6) is 5.75 Å². The summed E-state index contributed by atoms with van der Waals surface area (Å²) in [6.45, 7) is 0. The first kappa shape index (κ1) is 23.3. The maximum absolute atomic E-state index is 13.5. The third kappa shape index (κ3) is 4.10. The van der Waals surface area contributed by atoms with Crippen molar-refractivity contribution < 1.29 is 28.6 Å². The van der Waals surface area contributed by atoms with Crippen molar-refractivity contribution >= 4 is 17.6 Å². The number of esters is 2. The lowest BCUT2D eigenvalue weighted by Gasteiger charge is -2.49. The molecule has 0 N–H and O–H groups in total. The topological polar surface area (TPSA) is 74.3 Å². The van der Waals surface area contributed by atoms with Gasteiger partial charge in [0.15, 0.2) is 5.41 Å². The Hall–Kier alpha value is -3.84. The van der Waals surface area contributed by atoms with Gasteiger partial charge < -0.3 is 14.2 Å². The standard InChI is InChI=1S/C27H27NO6/c1-31-22-16-14-20(15-17-22)24-27(25(29)32-2,26(30)33-3)18-23(19-10-6-4-7-11-19)34-28(24)21-12-8-5-9-13-21/h4-17,23-24H,18H2,1-3H3. The summed E-state index contributed by atoms with van der Waals surface area (Å²) in [5, 5.41) is 1.62. The van der Waals surface area contributed by atoms with Gasteiger partial charge in [0.1, 0.15) is 17.9 Å². The number of carbonyl (C=O) groups excluding carboxylic acids is 2. The van der Waals surface area contributed by atoms with Gasteiger partial charge in [-0.1, -0.05) is 60.7 Å². The fourth-order valence-electron chi connectivity index (χ4n) is 4.51. The zero-order valence-corrected chi connectivity index (χ0v) is 19.3. The van der Waals surface area contributed by atoms with Crippen LogP contribution in [0.25, 0.3) is 0 Å². The summed E-state index contributed by atoms with van der Waals surface area (Å²) in [5.41, 5.74) is 0.481. The first-order valence-electron chi connectivity index (χ1n) is 10.9. The van der Waals surface area contributed by atoms with Crippen molar-refractivity contribution in [1.82, 2.24) is 0 Å². The van der Waals surface area contributed by atoms with Crippen LogP contribution >= 0.6 is 0 Å². The van der Waals surface area contributed by atoms with E-state index in [0.717, 1.165) is 5.56 Å². The van der Waals surface area contributed by atoms with E-state index in [1.165, 1.54) is 14.2 Å². The Bertz CT molecular complexity index is 1100. The van der Waals surface area contributed by atoms with Gasteiger partial charge in [-0.25, -0.2) is 5.06 Å². The number of benzene rings is 3. The van der Waals surface area contributed by atoms with Crippen LogP contribution in [0.4, 0.5) is 5.69 Å². The Kier molecular flexibility index (Phi) is 6.84. The zero-order chi connectivity index (χ0) is 24.1. The van der Waals surface area contributed by atoms with E-state index in [9.17, 15) is 9.59 Å². The van der Waals surface area contributed by atoms with Crippen molar-refractivity contribution in [2.24, 2.45) is 5.41 Å². The number of hydrogen-bond donors (Lipinski definition) is 0. The van der Waals surface area contributed by atoms with Crippen molar-refractivity contribution in [3.63, 3.8) is 0 Å². The number of rotatable bonds is 6. The van der Waals surface area contributed by atoms with Gasteiger partial charge in [-0.05, 0) is 35.4 Å². The van der Waals surface area contributed by atoms with Gasteiger partial charge >= 0.3 is 11.9 Å². The monoisotopic (exact) mass is 461 g/mol. The maximum atomic E-state index is 13.5. The van der Waals surface area contributed by atoms with Crippen LogP contribution in [0, 0.1) is 5.41 Å². The summed E-state index contributed by atoms with van der Waals surface area (Å²) >= 11 is 0. The van der Waals surface area contributed by atoms with Gasteiger partial charge in [-0.15, -0.1) is 0 Å². The second-order valence-electron chi connectivity index (χ2n) is 8.00. The summed E-state index contributed by atoms with van der Waals surface area (Å²) in [4.78, 5) is 33.6. The molecule has 0 aromatic heterocycles. The molecule has 2 atom stereocenters. The first-order chi connectivity index (χ1) is 16.5. The molecule has 4 rings (SSSR count). The number of hydrogen-bond acceptors (Lipinski definition) is 7. The highest BCUT2D eigenvalue weighted by Crippen LogP contribution is 2.53. The number of ether oxygens (including phenoxy) is 3. The zero-order valence-electron chi connectivity index (χ0n) is 19.3. The molecule has 0 spiro atoms. The van der Waals surface area contributed by atoms with Gasteiger partial charge in [0, 0.05) is 6.42 Å². The van der Waals surface area contributed by atoms with Gasteiger partial charge in [0.05, 0.1) is 27.0 Å². The summed E-state index contributed by atoms with van der Waals surface area (Å²) in [5.74, 6) is -0.730.